The minimum atomic E-state index is 0.846. The van der Waals surface area contributed by atoms with Crippen LogP contribution < -0.4 is 4.74 Å². The summed E-state index contributed by atoms with van der Waals surface area (Å²) in [6, 6.07) is 14.0. The summed E-state index contributed by atoms with van der Waals surface area (Å²) < 4.78 is 5.39. The zero-order chi connectivity index (χ0) is 12.3. The molecule has 0 aliphatic rings. The summed E-state index contributed by atoms with van der Waals surface area (Å²) in [6.07, 6.45) is 5.53. The molecule has 0 bridgehead atoms. The Morgan fingerprint density at radius 3 is 2.53 bits per heavy atom. The Bertz CT molecular complexity index is 576. The van der Waals surface area contributed by atoms with Crippen LogP contribution in [0.15, 0.2) is 42.5 Å². The predicted molar refractivity (Wildman–Crippen MR) is 71.1 cm³/mol. The van der Waals surface area contributed by atoms with Gasteiger partial charge in [-0.1, -0.05) is 35.7 Å². The summed E-state index contributed by atoms with van der Waals surface area (Å²) in [5.41, 5.74) is 4.15. The van der Waals surface area contributed by atoms with Gasteiger partial charge in [0.05, 0.1) is 7.11 Å². The first-order chi connectivity index (χ1) is 8.26. The summed E-state index contributed by atoms with van der Waals surface area (Å²) in [4.78, 5) is 0. The van der Waals surface area contributed by atoms with E-state index in [1.165, 1.54) is 5.56 Å². The first-order valence-electron chi connectivity index (χ1n) is 5.47. The maximum absolute atomic E-state index is 5.53. The summed E-state index contributed by atoms with van der Waals surface area (Å²) in [7, 11) is 1.67. The number of aryl methyl sites for hydroxylation is 1. The van der Waals surface area contributed by atoms with Gasteiger partial charge in [0.25, 0.3) is 0 Å². The van der Waals surface area contributed by atoms with E-state index < -0.39 is 0 Å². The molecule has 0 heterocycles. The van der Waals surface area contributed by atoms with Crippen molar-refractivity contribution in [1.29, 1.82) is 0 Å². The van der Waals surface area contributed by atoms with Gasteiger partial charge in [0, 0.05) is 16.7 Å². The second kappa shape index (κ2) is 4.76. The number of ether oxygens (including phenoxy) is 1. The first kappa shape index (κ1) is 11.3. The third-order valence-corrected chi connectivity index (χ3v) is 2.73. The molecule has 0 spiro atoms. The highest BCUT2D eigenvalue weighted by atomic mass is 16.5. The smallest absolute Gasteiger partial charge is 0.126 e. The average Bonchev–Trinajstić information content (AvgIpc) is 2.38. The van der Waals surface area contributed by atoms with Crippen LogP contribution in [0.2, 0.25) is 0 Å². The quantitative estimate of drug-likeness (QED) is 0.705. The fraction of sp³-hybridized carbons (Fsp3) is 0.125. The summed E-state index contributed by atoms with van der Waals surface area (Å²) in [5.74, 6) is 3.55. The molecule has 1 heteroatoms. The van der Waals surface area contributed by atoms with E-state index in [-0.39, 0.29) is 0 Å². The second-order valence-electron chi connectivity index (χ2n) is 3.89. The standard InChI is InChI=1S/C16H14O/c1-4-13-7-5-6-8-14(13)15-11-12(2)9-10-16(15)17-3/h1,5-11H,2-3H3. The molecule has 2 rings (SSSR count). The Kier molecular flexibility index (Phi) is 3.16. The molecule has 0 aliphatic heterocycles. The molecule has 0 aromatic heterocycles. The maximum Gasteiger partial charge on any atom is 0.126 e. The Hall–Kier alpha value is -2.20. The molecule has 2 aromatic carbocycles. The van der Waals surface area contributed by atoms with Crippen LogP contribution in [0.4, 0.5) is 0 Å². The molecule has 1 nitrogen and oxygen atoms in total. The van der Waals surface area contributed by atoms with Gasteiger partial charge in [0.1, 0.15) is 5.75 Å². The lowest BCUT2D eigenvalue weighted by atomic mass is 9.98. The van der Waals surface area contributed by atoms with E-state index in [1.807, 2.05) is 36.4 Å². The van der Waals surface area contributed by atoms with Gasteiger partial charge in [0.2, 0.25) is 0 Å². The molecule has 0 saturated carbocycles. The van der Waals surface area contributed by atoms with Crippen LogP contribution in [-0.2, 0) is 0 Å². The molecule has 0 saturated heterocycles. The van der Waals surface area contributed by atoms with Crippen molar-refractivity contribution in [3.63, 3.8) is 0 Å². The van der Waals surface area contributed by atoms with E-state index in [0.717, 1.165) is 22.4 Å². The van der Waals surface area contributed by atoms with Gasteiger partial charge in [-0.2, -0.15) is 0 Å². The number of methoxy groups -OCH3 is 1. The van der Waals surface area contributed by atoms with Crippen LogP contribution >= 0.6 is 0 Å². The highest BCUT2D eigenvalue weighted by molar-refractivity contribution is 5.76. The van der Waals surface area contributed by atoms with Crippen molar-refractivity contribution in [2.45, 2.75) is 6.92 Å². The van der Waals surface area contributed by atoms with Crippen molar-refractivity contribution in [3.8, 4) is 29.2 Å². The molecule has 0 aliphatic carbocycles. The monoisotopic (exact) mass is 222 g/mol. The molecule has 0 unspecified atom stereocenters. The van der Waals surface area contributed by atoms with Crippen LogP contribution in [0.1, 0.15) is 11.1 Å². The fourth-order valence-corrected chi connectivity index (χ4v) is 1.88. The van der Waals surface area contributed by atoms with Crippen LogP contribution in [0.25, 0.3) is 11.1 Å². The lowest BCUT2D eigenvalue weighted by Gasteiger charge is -2.11. The average molecular weight is 222 g/mol. The van der Waals surface area contributed by atoms with Crippen molar-refractivity contribution < 1.29 is 4.74 Å². The topological polar surface area (TPSA) is 9.23 Å². The predicted octanol–water partition coefficient (Wildman–Crippen LogP) is 3.65. The zero-order valence-electron chi connectivity index (χ0n) is 10.0. The molecular weight excluding hydrogens is 208 g/mol. The largest absolute Gasteiger partial charge is 0.496 e. The van der Waals surface area contributed by atoms with Gasteiger partial charge in [-0.05, 0) is 25.1 Å². The molecule has 17 heavy (non-hydrogen) atoms. The Morgan fingerprint density at radius 1 is 1.06 bits per heavy atom. The Balaban J connectivity index is 2.68. The van der Waals surface area contributed by atoms with Crippen molar-refractivity contribution >= 4 is 0 Å². The second-order valence-corrected chi connectivity index (χ2v) is 3.89. The van der Waals surface area contributed by atoms with Gasteiger partial charge < -0.3 is 4.74 Å². The molecule has 2 aromatic rings. The van der Waals surface area contributed by atoms with E-state index in [2.05, 4.69) is 18.9 Å². The number of hydrogen-bond acceptors (Lipinski definition) is 1. The zero-order valence-corrected chi connectivity index (χ0v) is 10.0. The highest BCUT2D eigenvalue weighted by Crippen LogP contribution is 2.32. The Labute approximate surface area is 102 Å². The van der Waals surface area contributed by atoms with Gasteiger partial charge in [-0.25, -0.2) is 0 Å². The van der Waals surface area contributed by atoms with E-state index in [1.54, 1.807) is 7.11 Å². The molecular formula is C16H14O. The van der Waals surface area contributed by atoms with Gasteiger partial charge in [-0.3, -0.25) is 0 Å². The first-order valence-corrected chi connectivity index (χ1v) is 5.47. The maximum atomic E-state index is 5.53. The third-order valence-electron chi connectivity index (χ3n) is 2.73. The molecule has 0 N–H and O–H groups in total. The van der Waals surface area contributed by atoms with Crippen molar-refractivity contribution in [3.05, 3.63) is 53.6 Å². The van der Waals surface area contributed by atoms with Crippen LogP contribution in [-0.4, -0.2) is 7.11 Å². The summed E-state index contributed by atoms with van der Waals surface area (Å²) in [6.45, 7) is 2.06. The van der Waals surface area contributed by atoms with E-state index >= 15 is 0 Å². The van der Waals surface area contributed by atoms with E-state index in [0.29, 0.717) is 0 Å². The third kappa shape index (κ3) is 2.16. The highest BCUT2D eigenvalue weighted by Gasteiger charge is 2.08. The number of hydrogen-bond donors (Lipinski definition) is 0. The summed E-state index contributed by atoms with van der Waals surface area (Å²) >= 11 is 0. The van der Waals surface area contributed by atoms with E-state index in [9.17, 15) is 0 Å². The molecule has 0 radical (unpaired) electrons. The van der Waals surface area contributed by atoms with Crippen molar-refractivity contribution in [2.24, 2.45) is 0 Å². The normalized spacial score (nSPS) is 9.71. The van der Waals surface area contributed by atoms with Gasteiger partial charge >= 0.3 is 0 Å². The van der Waals surface area contributed by atoms with Crippen molar-refractivity contribution in [2.75, 3.05) is 7.11 Å². The molecule has 0 amide bonds. The number of terminal acetylenes is 1. The van der Waals surface area contributed by atoms with Gasteiger partial charge in [-0.15, -0.1) is 6.42 Å². The number of benzene rings is 2. The van der Waals surface area contributed by atoms with Gasteiger partial charge in [0.15, 0.2) is 0 Å². The van der Waals surface area contributed by atoms with Crippen LogP contribution in [0.5, 0.6) is 5.75 Å². The Morgan fingerprint density at radius 2 is 1.82 bits per heavy atom. The lowest BCUT2D eigenvalue weighted by Crippen LogP contribution is -1.91. The van der Waals surface area contributed by atoms with Crippen LogP contribution in [0.3, 0.4) is 0 Å². The molecule has 0 atom stereocenters. The summed E-state index contributed by atoms with van der Waals surface area (Å²) in [5, 5.41) is 0. The molecule has 84 valence electrons. The minimum Gasteiger partial charge on any atom is -0.496 e. The van der Waals surface area contributed by atoms with Crippen molar-refractivity contribution in [1.82, 2.24) is 0 Å². The lowest BCUT2D eigenvalue weighted by molar-refractivity contribution is 0.416. The van der Waals surface area contributed by atoms with E-state index in [4.69, 9.17) is 11.2 Å². The number of rotatable bonds is 2. The van der Waals surface area contributed by atoms with Crippen LogP contribution in [0, 0.1) is 19.3 Å². The molecule has 0 fully saturated rings. The fourth-order valence-electron chi connectivity index (χ4n) is 1.88. The minimum absolute atomic E-state index is 0.846. The SMILES string of the molecule is C#Cc1ccccc1-c1cc(C)ccc1OC.